The fourth-order valence-corrected chi connectivity index (χ4v) is 2.31. The van der Waals surface area contributed by atoms with Crippen molar-refractivity contribution in [2.75, 3.05) is 0 Å². The summed E-state index contributed by atoms with van der Waals surface area (Å²) in [6, 6.07) is 5.52. The lowest BCUT2D eigenvalue weighted by Crippen LogP contribution is -2.10. The largest absolute Gasteiger partial charge is 0.469 e. The molecule has 0 aliphatic carbocycles. The molecule has 0 spiro atoms. The Hall–Kier alpha value is -1.88. The van der Waals surface area contributed by atoms with E-state index < -0.39 is 0 Å². The third-order valence-electron chi connectivity index (χ3n) is 2.29. The van der Waals surface area contributed by atoms with Crippen molar-refractivity contribution in [2.45, 2.75) is 6.42 Å². The van der Waals surface area contributed by atoms with Gasteiger partial charge in [-0.3, -0.25) is 4.79 Å². The number of fused-ring (bicyclic) bond motifs is 1. The zero-order valence-corrected chi connectivity index (χ0v) is 9.08. The van der Waals surface area contributed by atoms with Gasteiger partial charge < -0.3 is 9.40 Å². The lowest BCUT2D eigenvalue weighted by molar-refractivity contribution is 0.517. The first-order valence-corrected chi connectivity index (χ1v) is 5.70. The monoisotopic (exact) mass is 232 g/mol. The van der Waals surface area contributed by atoms with Crippen LogP contribution in [0.1, 0.15) is 11.6 Å². The molecule has 80 valence electrons. The molecule has 0 radical (unpaired) electrons. The molecule has 0 aliphatic rings. The van der Waals surface area contributed by atoms with Gasteiger partial charge in [-0.1, -0.05) is 0 Å². The summed E-state index contributed by atoms with van der Waals surface area (Å²) in [7, 11) is 0. The summed E-state index contributed by atoms with van der Waals surface area (Å²) in [4.78, 5) is 18.8. The van der Waals surface area contributed by atoms with Crippen molar-refractivity contribution in [3.05, 3.63) is 51.8 Å². The van der Waals surface area contributed by atoms with Crippen molar-refractivity contribution in [3.63, 3.8) is 0 Å². The van der Waals surface area contributed by atoms with Crippen LogP contribution >= 0.6 is 11.3 Å². The van der Waals surface area contributed by atoms with Crippen molar-refractivity contribution < 1.29 is 4.42 Å². The highest BCUT2D eigenvalue weighted by Gasteiger charge is 2.06. The van der Waals surface area contributed by atoms with Gasteiger partial charge in [-0.05, 0) is 23.6 Å². The van der Waals surface area contributed by atoms with Gasteiger partial charge in [-0.2, -0.15) is 0 Å². The minimum Gasteiger partial charge on any atom is -0.469 e. The predicted octanol–water partition coefficient (Wildman–Crippen LogP) is 2.17. The fraction of sp³-hybridized carbons (Fsp3) is 0.0909. The van der Waals surface area contributed by atoms with Gasteiger partial charge in [0.15, 0.2) is 0 Å². The first-order chi connectivity index (χ1) is 7.83. The molecule has 3 heterocycles. The van der Waals surface area contributed by atoms with Crippen molar-refractivity contribution in [1.29, 1.82) is 0 Å². The SMILES string of the molecule is O=c1[nH]c(Cc2ccco2)nc2ccsc12. The lowest BCUT2D eigenvalue weighted by atomic mass is 10.3. The van der Waals surface area contributed by atoms with Gasteiger partial charge >= 0.3 is 0 Å². The number of nitrogens with one attached hydrogen (secondary N) is 1. The average molecular weight is 232 g/mol. The summed E-state index contributed by atoms with van der Waals surface area (Å²) in [5.41, 5.74) is 0.664. The van der Waals surface area contributed by atoms with Crippen LogP contribution in [0.25, 0.3) is 10.2 Å². The van der Waals surface area contributed by atoms with Crippen LogP contribution in [-0.4, -0.2) is 9.97 Å². The van der Waals surface area contributed by atoms with Crippen LogP contribution < -0.4 is 5.56 Å². The molecule has 0 fully saturated rings. The van der Waals surface area contributed by atoms with Gasteiger partial charge in [0.25, 0.3) is 5.56 Å². The molecule has 0 saturated carbocycles. The molecule has 5 heteroatoms. The lowest BCUT2D eigenvalue weighted by Gasteiger charge is -1.97. The molecule has 0 unspecified atom stereocenters. The Morgan fingerprint density at radius 3 is 3.19 bits per heavy atom. The number of aromatic nitrogens is 2. The highest BCUT2D eigenvalue weighted by Crippen LogP contribution is 2.14. The van der Waals surface area contributed by atoms with Crippen molar-refractivity contribution in [3.8, 4) is 0 Å². The van der Waals surface area contributed by atoms with Gasteiger partial charge in [0.2, 0.25) is 0 Å². The molecular formula is C11H8N2O2S. The van der Waals surface area contributed by atoms with E-state index in [1.54, 1.807) is 6.26 Å². The molecule has 0 aromatic carbocycles. The second-order valence-corrected chi connectivity index (χ2v) is 4.32. The van der Waals surface area contributed by atoms with Gasteiger partial charge in [0, 0.05) is 0 Å². The van der Waals surface area contributed by atoms with E-state index in [9.17, 15) is 4.79 Å². The highest BCUT2D eigenvalue weighted by molar-refractivity contribution is 7.17. The van der Waals surface area contributed by atoms with Gasteiger partial charge in [0.05, 0.1) is 18.2 Å². The number of nitrogens with zero attached hydrogens (tertiary/aromatic N) is 1. The number of furan rings is 1. The Bertz CT molecular complexity index is 667. The minimum atomic E-state index is -0.0819. The zero-order valence-electron chi connectivity index (χ0n) is 8.27. The second-order valence-electron chi connectivity index (χ2n) is 3.40. The molecule has 4 nitrogen and oxygen atoms in total. The summed E-state index contributed by atoms with van der Waals surface area (Å²) < 4.78 is 5.88. The van der Waals surface area contributed by atoms with E-state index in [2.05, 4.69) is 9.97 Å². The van der Waals surface area contributed by atoms with Gasteiger partial charge in [-0.15, -0.1) is 11.3 Å². The van der Waals surface area contributed by atoms with Crippen LogP contribution in [-0.2, 0) is 6.42 Å². The molecule has 16 heavy (non-hydrogen) atoms. The Balaban J connectivity index is 2.07. The number of hydrogen-bond donors (Lipinski definition) is 1. The van der Waals surface area contributed by atoms with Crippen LogP contribution in [0.2, 0.25) is 0 Å². The predicted molar refractivity (Wildman–Crippen MR) is 61.8 cm³/mol. The van der Waals surface area contributed by atoms with Crippen molar-refractivity contribution >= 4 is 21.6 Å². The van der Waals surface area contributed by atoms with E-state index in [4.69, 9.17) is 4.42 Å². The summed E-state index contributed by atoms with van der Waals surface area (Å²) in [5, 5.41) is 1.86. The number of thiophene rings is 1. The topological polar surface area (TPSA) is 58.9 Å². The third-order valence-corrected chi connectivity index (χ3v) is 3.19. The number of hydrogen-bond acceptors (Lipinski definition) is 4. The van der Waals surface area contributed by atoms with E-state index in [-0.39, 0.29) is 5.56 Å². The summed E-state index contributed by atoms with van der Waals surface area (Å²) in [6.45, 7) is 0. The minimum absolute atomic E-state index is 0.0819. The molecule has 0 aliphatic heterocycles. The van der Waals surface area contributed by atoms with E-state index in [0.29, 0.717) is 16.9 Å². The molecule has 3 rings (SSSR count). The maximum absolute atomic E-state index is 11.7. The van der Waals surface area contributed by atoms with Gasteiger partial charge in [-0.25, -0.2) is 4.98 Å². The van der Waals surface area contributed by atoms with Crippen molar-refractivity contribution in [1.82, 2.24) is 9.97 Å². The fourth-order valence-electron chi connectivity index (χ4n) is 1.58. The Labute approximate surface area is 94.6 Å². The third kappa shape index (κ3) is 1.55. The summed E-state index contributed by atoms with van der Waals surface area (Å²) >= 11 is 1.40. The second kappa shape index (κ2) is 3.61. The van der Waals surface area contributed by atoms with E-state index >= 15 is 0 Å². The Kier molecular flexibility index (Phi) is 2.11. The maximum atomic E-state index is 11.7. The molecule has 1 N–H and O–H groups in total. The van der Waals surface area contributed by atoms with Crippen LogP contribution in [0.15, 0.2) is 39.1 Å². The molecular weight excluding hydrogens is 224 g/mol. The smallest absolute Gasteiger partial charge is 0.268 e. The summed E-state index contributed by atoms with van der Waals surface area (Å²) in [5.74, 6) is 1.42. The molecule has 0 saturated heterocycles. The average Bonchev–Trinajstić information content (AvgIpc) is 2.87. The van der Waals surface area contributed by atoms with E-state index in [0.717, 1.165) is 11.3 Å². The first kappa shape index (κ1) is 9.35. The van der Waals surface area contributed by atoms with Crippen LogP contribution in [0.4, 0.5) is 0 Å². The number of aromatic amines is 1. The first-order valence-electron chi connectivity index (χ1n) is 4.82. The van der Waals surface area contributed by atoms with E-state index in [1.165, 1.54) is 11.3 Å². The van der Waals surface area contributed by atoms with E-state index in [1.807, 2.05) is 23.6 Å². The quantitative estimate of drug-likeness (QED) is 0.736. The molecule has 0 amide bonds. The zero-order chi connectivity index (χ0) is 11.0. The summed E-state index contributed by atoms with van der Waals surface area (Å²) in [6.07, 6.45) is 2.12. The Morgan fingerprint density at radius 2 is 2.38 bits per heavy atom. The Morgan fingerprint density at radius 1 is 1.44 bits per heavy atom. The highest BCUT2D eigenvalue weighted by atomic mass is 32.1. The molecule has 0 atom stereocenters. The normalized spacial score (nSPS) is 11.0. The number of H-pyrrole nitrogens is 1. The van der Waals surface area contributed by atoms with Gasteiger partial charge in [0.1, 0.15) is 16.3 Å². The van der Waals surface area contributed by atoms with Crippen LogP contribution in [0.3, 0.4) is 0 Å². The molecule has 3 aromatic rings. The number of rotatable bonds is 2. The van der Waals surface area contributed by atoms with Crippen LogP contribution in [0.5, 0.6) is 0 Å². The standard InChI is InChI=1S/C11H8N2O2S/c14-11-10-8(3-5-16-10)12-9(13-11)6-7-2-1-4-15-7/h1-5H,6H2,(H,12,13,14). The van der Waals surface area contributed by atoms with Crippen molar-refractivity contribution in [2.24, 2.45) is 0 Å². The van der Waals surface area contributed by atoms with Crippen LogP contribution in [0, 0.1) is 0 Å². The molecule has 3 aromatic heterocycles. The maximum Gasteiger partial charge on any atom is 0.268 e. The molecule has 0 bridgehead atoms.